The Hall–Kier alpha value is -4.63. The van der Waals surface area contributed by atoms with Gasteiger partial charge in [0.1, 0.15) is 17.0 Å². The molecule has 6 aromatic rings. The molecular weight excluding hydrogens is 467 g/mol. The van der Waals surface area contributed by atoms with Gasteiger partial charge in [-0.15, -0.1) is 0 Å². The molecule has 6 rings (SSSR count). The van der Waals surface area contributed by atoms with Crippen LogP contribution in [0.3, 0.4) is 0 Å². The molecule has 5 heterocycles. The number of anilines is 1. The van der Waals surface area contributed by atoms with E-state index in [0.717, 1.165) is 62.2 Å². The van der Waals surface area contributed by atoms with Gasteiger partial charge in [0.2, 0.25) is 0 Å². The van der Waals surface area contributed by atoms with Crippen molar-refractivity contribution in [2.24, 2.45) is 0 Å². The Morgan fingerprint density at radius 3 is 2.70 bits per heavy atom. The molecule has 0 spiro atoms. The zero-order valence-electron chi connectivity index (χ0n) is 20.5. The predicted molar refractivity (Wildman–Crippen MR) is 145 cm³/mol. The Morgan fingerprint density at radius 1 is 0.946 bits per heavy atom. The Kier molecular flexibility index (Phi) is 5.82. The minimum Gasteiger partial charge on any atom is -0.384 e. The summed E-state index contributed by atoms with van der Waals surface area (Å²) in [5, 5.41) is 11.8. The largest absolute Gasteiger partial charge is 0.384 e. The Balaban J connectivity index is 1.41. The molecule has 0 aliphatic rings. The molecule has 0 unspecified atom stereocenters. The van der Waals surface area contributed by atoms with E-state index in [1.54, 1.807) is 24.8 Å². The summed E-state index contributed by atoms with van der Waals surface area (Å²) in [5.74, 6) is -0.303. The minimum atomic E-state index is -0.303. The highest BCUT2D eigenvalue weighted by atomic mass is 19.1. The van der Waals surface area contributed by atoms with Crippen LogP contribution in [0.1, 0.15) is 0 Å². The fraction of sp³-hybridized carbons (Fsp3) is 0.143. The lowest BCUT2D eigenvalue weighted by Gasteiger charge is -2.13. The number of rotatable bonds is 7. The van der Waals surface area contributed by atoms with E-state index in [1.807, 2.05) is 50.5 Å². The maximum Gasteiger partial charge on any atom is 0.135 e. The van der Waals surface area contributed by atoms with E-state index in [9.17, 15) is 4.39 Å². The van der Waals surface area contributed by atoms with Gasteiger partial charge < -0.3 is 15.2 Å². The van der Waals surface area contributed by atoms with Crippen molar-refractivity contribution < 1.29 is 4.39 Å². The third kappa shape index (κ3) is 4.52. The van der Waals surface area contributed by atoms with Crippen molar-refractivity contribution in [2.45, 2.75) is 0 Å². The van der Waals surface area contributed by atoms with E-state index in [-0.39, 0.29) is 5.82 Å². The van der Waals surface area contributed by atoms with Crippen LogP contribution in [0.25, 0.3) is 55.7 Å². The molecule has 0 aliphatic heterocycles. The zero-order valence-corrected chi connectivity index (χ0v) is 20.5. The van der Waals surface area contributed by atoms with Crippen molar-refractivity contribution in [1.29, 1.82) is 0 Å². The van der Waals surface area contributed by atoms with E-state index in [1.165, 1.54) is 12.1 Å². The summed E-state index contributed by atoms with van der Waals surface area (Å²) in [5.41, 5.74) is 7.97. The SMILES string of the molecule is CN(C)CCNc1cc(F)cc(-c2cncc3[nH]c(-c4n[nH]c5ccc(-c6cccnc6)nc45)cc23)c1. The van der Waals surface area contributed by atoms with Crippen LogP contribution >= 0.6 is 0 Å². The van der Waals surface area contributed by atoms with Gasteiger partial charge in [-0.1, -0.05) is 0 Å². The maximum atomic E-state index is 14.6. The number of aromatic amines is 2. The minimum absolute atomic E-state index is 0.303. The molecule has 0 bridgehead atoms. The number of benzene rings is 1. The van der Waals surface area contributed by atoms with Gasteiger partial charge in [-0.2, -0.15) is 5.10 Å². The smallest absolute Gasteiger partial charge is 0.135 e. The van der Waals surface area contributed by atoms with E-state index in [2.05, 4.69) is 35.4 Å². The van der Waals surface area contributed by atoms with Crippen LogP contribution in [0.4, 0.5) is 10.1 Å². The first-order valence-corrected chi connectivity index (χ1v) is 12.0. The lowest BCUT2D eigenvalue weighted by Crippen LogP contribution is -2.20. The second kappa shape index (κ2) is 9.44. The highest BCUT2D eigenvalue weighted by molar-refractivity contribution is 6.00. The normalized spacial score (nSPS) is 11.6. The number of aromatic nitrogens is 6. The number of hydrogen-bond donors (Lipinski definition) is 3. The summed E-state index contributed by atoms with van der Waals surface area (Å²) in [6, 6.07) is 14.8. The molecular formula is C28H25FN8. The number of fused-ring (bicyclic) bond motifs is 2. The van der Waals surface area contributed by atoms with Crippen LogP contribution in [-0.4, -0.2) is 62.2 Å². The molecule has 0 radical (unpaired) electrons. The van der Waals surface area contributed by atoms with Gasteiger partial charge in [-0.25, -0.2) is 9.37 Å². The Bertz CT molecular complexity index is 1700. The summed E-state index contributed by atoms with van der Waals surface area (Å²) >= 11 is 0. The molecule has 0 amide bonds. The Morgan fingerprint density at radius 2 is 1.86 bits per heavy atom. The number of halogens is 1. The van der Waals surface area contributed by atoms with Gasteiger partial charge in [0.25, 0.3) is 0 Å². The van der Waals surface area contributed by atoms with E-state index in [0.29, 0.717) is 12.2 Å². The summed E-state index contributed by atoms with van der Waals surface area (Å²) < 4.78 is 14.6. The highest BCUT2D eigenvalue weighted by Gasteiger charge is 2.16. The average Bonchev–Trinajstić information content (AvgIpc) is 3.52. The molecule has 0 fully saturated rings. The fourth-order valence-electron chi connectivity index (χ4n) is 4.44. The zero-order chi connectivity index (χ0) is 25.4. The van der Waals surface area contributed by atoms with Gasteiger partial charge in [0.05, 0.1) is 28.6 Å². The molecule has 1 aromatic carbocycles. The first-order valence-electron chi connectivity index (χ1n) is 12.0. The first kappa shape index (κ1) is 22.8. The second-order valence-electron chi connectivity index (χ2n) is 9.20. The average molecular weight is 493 g/mol. The van der Waals surface area contributed by atoms with Crippen molar-refractivity contribution in [1.82, 2.24) is 35.0 Å². The van der Waals surface area contributed by atoms with Gasteiger partial charge in [-0.3, -0.25) is 15.1 Å². The highest BCUT2D eigenvalue weighted by Crippen LogP contribution is 2.34. The number of H-pyrrole nitrogens is 2. The molecule has 0 saturated carbocycles. The van der Waals surface area contributed by atoms with Gasteiger partial charge in [0, 0.05) is 53.9 Å². The molecule has 184 valence electrons. The predicted octanol–water partition coefficient (Wildman–Crippen LogP) is 5.34. The Labute approximate surface area is 212 Å². The van der Waals surface area contributed by atoms with Crippen molar-refractivity contribution in [2.75, 3.05) is 32.5 Å². The fourth-order valence-corrected chi connectivity index (χ4v) is 4.44. The molecule has 0 atom stereocenters. The number of likely N-dealkylation sites (N-methyl/N-ethyl adjacent to an activating group) is 1. The van der Waals surface area contributed by atoms with Crippen LogP contribution in [0.15, 0.2) is 73.3 Å². The second-order valence-corrected chi connectivity index (χ2v) is 9.20. The number of nitrogens with one attached hydrogen (secondary N) is 3. The van der Waals surface area contributed by atoms with Gasteiger partial charge in [0.15, 0.2) is 0 Å². The third-order valence-corrected chi connectivity index (χ3v) is 6.26. The molecule has 0 aliphatic carbocycles. The number of nitrogens with zero attached hydrogens (tertiary/aromatic N) is 5. The van der Waals surface area contributed by atoms with Crippen molar-refractivity contribution in [3.05, 3.63) is 79.1 Å². The monoisotopic (exact) mass is 492 g/mol. The molecule has 3 N–H and O–H groups in total. The van der Waals surface area contributed by atoms with E-state index >= 15 is 0 Å². The maximum absolute atomic E-state index is 14.6. The first-order chi connectivity index (χ1) is 18.0. The lowest BCUT2D eigenvalue weighted by atomic mass is 10.0. The molecule has 8 nitrogen and oxygen atoms in total. The van der Waals surface area contributed by atoms with Crippen molar-refractivity contribution in [3.8, 4) is 33.8 Å². The topological polar surface area (TPSA) is 98.4 Å². The molecule has 9 heteroatoms. The van der Waals surface area contributed by atoms with Crippen molar-refractivity contribution in [3.63, 3.8) is 0 Å². The van der Waals surface area contributed by atoms with Crippen LogP contribution in [0.5, 0.6) is 0 Å². The summed E-state index contributed by atoms with van der Waals surface area (Å²) in [6.45, 7) is 1.56. The van der Waals surface area contributed by atoms with Gasteiger partial charge in [-0.05, 0) is 68.2 Å². The summed E-state index contributed by atoms with van der Waals surface area (Å²) in [4.78, 5) is 19.0. The third-order valence-electron chi connectivity index (χ3n) is 6.26. The lowest BCUT2D eigenvalue weighted by molar-refractivity contribution is 0.425. The summed E-state index contributed by atoms with van der Waals surface area (Å²) in [7, 11) is 4.01. The molecule has 5 aromatic heterocycles. The molecule has 0 saturated heterocycles. The summed E-state index contributed by atoms with van der Waals surface area (Å²) in [6.07, 6.45) is 7.06. The van der Waals surface area contributed by atoms with Crippen LogP contribution in [0, 0.1) is 5.82 Å². The van der Waals surface area contributed by atoms with Crippen LogP contribution in [-0.2, 0) is 0 Å². The standard InChI is InChI=1S/C28H25FN8/c1-37(2)9-8-32-20-11-18(10-19(29)12-20)22-15-31-16-26-21(22)13-25(33-26)28-27-24(35-36-28)6-5-23(34-27)17-4-3-7-30-14-17/h3-7,10-16,32-33H,8-9H2,1-2H3,(H,35,36). The van der Waals surface area contributed by atoms with E-state index in [4.69, 9.17) is 4.98 Å². The van der Waals surface area contributed by atoms with Crippen molar-refractivity contribution >= 4 is 27.6 Å². The number of pyridine rings is 3. The quantitative estimate of drug-likeness (QED) is 0.278. The number of hydrogen-bond acceptors (Lipinski definition) is 6. The van der Waals surface area contributed by atoms with Gasteiger partial charge >= 0.3 is 0 Å². The van der Waals surface area contributed by atoms with Crippen LogP contribution in [0.2, 0.25) is 0 Å². The van der Waals surface area contributed by atoms with Crippen LogP contribution < -0.4 is 5.32 Å². The van der Waals surface area contributed by atoms with E-state index < -0.39 is 0 Å². The molecule has 37 heavy (non-hydrogen) atoms.